The lowest BCUT2D eigenvalue weighted by Crippen LogP contribution is -2.14. The maximum atomic E-state index is 12.3. The Morgan fingerprint density at radius 1 is 1.25 bits per heavy atom. The number of Topliss-reactive ketones (excluding diaryl/α,β-unsaturated/α-hetero) is 1. The summed E-state index contributed by atoms with van der Waals surface area (Å²) >= 11 is 0. The molecule has 2 rings (SSSR count). The summed E-state index contributed by atoms with van der Waals surface area (Å²) in [6.45, 7) is 5.30. The molecule has 0 unspecified atom stereocenters. The SMILES string of the molecule is CCOC(=O)C1=C(C)OC(=C(C)c2ccccc2)C1=O. The Morgan fingerprint density at radius 2 is 1.90 bits per heavy atom. The third-order valence-corrected chi connectivity index (χ3v) is 3.07. The molecular weight excluding hydrogens is 256 g/mol. The summed E-state index contributed by atoms with van der Waals surface area (Å²) in [5, 5.41) is 0. The van der Waals surface area contributed by atoms with Crippen LogP contribution in [0.25, 0.3) is 5.57 Å². The molecule has 0 aromatic heterocycles. The quantitative estimate of drug-likeness (QED) is 0.482. The van der Waals surface area contributed by atoms with Crippen LogP contribution in [0.3, 0.4) is 0 Å². The lowest BCUT2D eigenvalue weighted by molar-refractivity contribution is -0.139. The molecule has 0 saturated carbocycles. The van der Waals surface area contributed by atoms with Crippen molar-refractivity contribution in [2.75, 3.05) is 6.61 Å². The molecular formula is C16H16O4. The van der Waals surface area contributed by atoms with Gasteiger partial charge in [0.1, 0.15) is 11.3 Å². The van der Waals surface area contributed by atoms with E-state index in [9.17, 15) is 9.59 Å². The lowest BCUT2D eigenvalue weighted by atomic mass is 10.0. The topological polar surface area (TPSA) is 52.6 Å². The first-order valence-electron chi connectivity index (χ1n) is 6.43. The van der Waals surface area contributed by atoms with Gasteiger partial charge in [0.05, 0.1) is 6.61 Å². The van der Waals surface area contributed by atoms with E-state index in [1.54, 1.807) is 20.8 Å². The van der Waals surface area contributed by atoms with E-state index >= 15 is 0 Å². The molecule has 1 heterocycles. The van der Waals surface area contributed by atoms with Gasteiger partial charge in [0.2, 0.25) is 5.78 Å². The number of hydrogen-bond acceptors (Lipinski definition) is 4. The summed E-state index contributed by atoms with van der Waals surface area (Å²) in [6.07, 6.45) is 0. The largest absolute Gasteiger partial charge is 0.462 e. The Hall–Kier alpha value is -2.36. The summed E-state index contributed by atoms with van der Waals surface area (Å²) in [5.74, 6) is -0.566. The molecule has 0 aliphatic carbocycles. The molecule has 0 saturated heterocycles. The predicted octanol–water partition coefficient (Wildman–Crippen LogP) is 2.85. The molecule has 4 heteroatoms. The number of allylic oxidation sites excluding steroid dienone is 3. The van der Waals surface area contributed by atoms with Crippen molar-refractivity contribution in [2.24, 2.45) is 0 Å². The van der Waals surface area contributed by atoms with Crippen molar-refractivity contribution in [3.63, 3.8) is 0 Å². The van der Waals surface area contributed by atoms with Crippen LogP contribution >= 0.6 is 0 Å². The van der Waals surface area contributed by atoms with Crippen molar-refractivity contribution in [3.8, 4) is 0 Å². The fraction of sp³-hybridized carbons (Fsp3) is 0.250. The molecule has 1 aliphatic heterocycles. The summed E-state index contributed by atoms with van der Waals surface area (Å²) in [4.78, 5) is 24.1. The van der Waals surface area contributed by atoms with E-state index < -0.39 is 11.8 Å². The van der Waals surface area contributed by atoms with Gasteiger partial charge in [-0.1, -0.05) is 30.3 Å². The zero-order valence-corrected chi connectivity index (χ0v) is 11.7. The molecule has 0 radical (unpaired) electrons. The number of benzene rings is 1. The summed E-state index contributed by atoms with van der Waals surface area (Å²) < 4.78 is 10.4. The van der Waals surface area contributed by atoms with Crippen molar-refractivity contribution in [2.45, 2.75) is 20.8 Å². The summed E-state index contributed by atoms with van der Waals surface area (Å²) in [6, 6.07) is 9.43. The van der Waals surface area contributed by atoms with Gasteiger partial charge in [0.25, 0.3) is 0 Å². The Morgan fingerprint density at radius 3 is 2.50 bits per heavy atom. The van der Waals surface area contributed by atoms with E-state index in [1.165, 1.54) is 0 Å². The molecule has 1 aromatic rings. The highest BCUT2D eigenvalue weighted by molar-refractivity contribution is 6.27. The molecule has 4 nitrogen and oxygen atoms in total. The van der Waals surface area contributed by atoms with Gasteiger partial charge < -0.3 is 9.47 Å². The van der Waals surface area contributed by atoms with E-state index in [0.29, 0.717) is 11.3 Å². The number of hydrogen-bond donors (Lipinski definition) is 0. The van der Waals surface area contributed by atoms with Gasteiger partial charge in [-0.15, -0.1) is 0 Å². The number of ketones is 1. The predicted molar refractivity (Wildman–Crippen MR) is 74.5 cm³/mol. The number of rotatable bonds is 3. The molecule has 20 heavy (non-hydrogen) atoms. The Balaban J connectivity index is 2.36. The van der Waals surface area contributed by atoms with Gasteiger partial charge in [0.15, 0.2) is 5.76 Å². The van der Waals surface area contributed by atoms with E-state index in [1.807, 2.05) is 30.3 Å². The molecule has 0 atom stereocenters. The van der Waals surface area contributed by atoms with E-state index in [2.05, 4.69) is 0 Å². The van der Waals surface area contributed by atoms with Gasteiger partial charge in [-0.25, -0.2) is 4.79 Å². The van der Waals surface area contributed by atoms with Crippen LogP contribution in [0, 0.1) is 0 Å². The molecule has 0 bridgehead atoms. The summed E-state index contributed by atoms with van der Waals surface area (Å²) in [5.41, 5.74) is 1.57. The van der Waals surface area contributed by atoms with E-state index in [4.69, 9.17) is 9.47 Å². The van der Waals surface area contributed by atoms with E-state index in [0.717, 1.165) is 5.56 Å². The van der Waals surface area contributed by atoms with Crippen LogP contribution in [0.1, 0.15) is 26.3 Å². The third-order valence-electron chi connectivity index (χ3n) is 3.07. The standard InChI is InChI=1S/C16H16O4/c1-4-19-16(18)13-11(3)20-15(14(13)17)10(2)12-8-6-5-7-9-12/h5-9H,4H2,1-3H3. The first-order valence-corrected chi connectivity index (χ1v) is 6.43. The molecule has 0 amide bonds. The molecule has 0 fully saturated rings. The van der Waals surface area contributed by atoms with Crippen LogP contribution in [-0.4, -0.2) is 18.4 Å². The Labute approximate surface area is 117 Å². The maximum absolute atomic E-state index is 12.3. The molecule has 0 spiro atoms. The average molecular weight is 272 g/mol. The lowest BCUT2D eigenvalue weighted by Gasteiger charge is -2.05. The third kappa shape index (κ3) is 2.50. The molecule has 104 valence electrons. The second kappa shape index (κ2) is 5.74. The van der Waals surface area contributed by atoms with Gasteiger partial charge in [-0.05, 0) is 26.3 Å². The van der Waals surface area contributed by atoms with Crippen LogP contribution in [0.15, 0.2) is 47.4 Å². The van der Waals surface area contributed by atoms with Crippen LogP contribution in [0.4, 0.5) is 0 Å². The second-order valence-electron chi connectivity index (χ2n) is 4.40. The number of carbonyl (C=O) groups excluding carboxylic acids is 2. The minimum Gasteiger partial charge on any atom is -0.462 e. The van der Waals surface area contributed by atoms with Crippen molar-refractivity contribution >= 4 is 17.3 Å². The Kier molecular flexibility index (Phi) is 4.03. The van der Waals surface area contributed by atoms with Crippen LogP contribution in [0.5, 0.6) is 0 Å². The van der Waals surface area contributed by atoms with Crippen molar-refractivity contribution in [1.29, 1.82) is 0 Å². The van der Waals surface area contributed by atoms with Gasteiger partial charge in [-0.2, -0.15) is 0 Å². The first kappa shape index (κ1) is 14.1. The highest BCUT2D eigenvalue weighted by atomic mass is 16.5. The highest BCUT2D eigenvalue weighted by Gasteiger charge is 2.35. The molecule has 1 aliphatic rings. The maximum Gasteiger partial charge on any atom is 0.345 e. The van der Waals surface area contributed by atoms with Crippen molar-refractivity contribution in [3.05, 3.63) is 53.0 Å². The highest BCUT2D eigenvalue weighted by Crippen LogP contribution is 2.31. The van der Waals surface area contributed by atoms with Crippen molar-refractivity contribution < 1.29 is 19.1 Å². The van der Waals surface area contributed by atoms with Crippen LogP contribution in [-0.2, 0) is 19.1 Å². The van der Waals surface area contributed by atoms with Crippen LogP contribution < -0.4 is 0 Å². The number of esters is 1. The first-order chi connectivity index (χ1) is 9.56. The smallest absolute Gasteiger partial charge is 0.345 e. The number of carbonyl (C=O) groups is 2. The van der Waals surface area contributed by atoms with Crippen LogP contribution in [0.2, 0.25) is 0 Å². The average Bonchev–Trinajstić information content (AvgIpc) is 2.74. The minimum atomic E-state index is -0.633. The Bertz CT molecular complexity index is 609. The van der Waals surface area contributed by atoms with Gasteiger partial charge in [-0.3, -0.25) is 4.79 Å². The fourth-order valence-electron chi connectivity index (χ4n) is 2.03. The van der Waals surface area contributed by atoms with Gasteiger partial charge in [0, 0.05) is 5.57 Å². The molecule has 0 N–H and O–H groups in total. The van der Waals surface area contributed by atoms with Gasteiger partial charge >= 0.3 is 5.97 Å². The zero-order valence-electron chi connectivity index (χ0n) is 11.7. The number of ether oxygens (including phenoxy) is 2. The molecule has 1 aromatic carbocycles. The monoisotopic (exact) mass is 272 g/mol. The zero-order chi connectivity index (χ0) is 14.7. The fourth-order valence-corrected chi connectivity index (χ4v) is 2.03. The normalized spacial score (nSPS) is 17.1. The minimum absolute atomic E-state index is 0.0165. The van der Waals surface area contributed by atoms with Crippen molar-refractivity contribution in [1.82, 2.24) is 0 Å². The summed E-state index contributed by atoms with van der Waals surface area (Å²) in [7, 11) is 0. The van der Waals surface area contributed by atoms with E-state index in [-0.39, 0.29) is 17.9 Å². The second-order valence-corrected chi connectivity index (χ2v) is 4.40.